The lowest BCUT2D eigenvalue weighted by molar-refractivity contribution is 0.100. The summed E-state index contributed by atoms with van der Waals surface area (Å²) in [6.07, 6.45) is 0. The van der Waals surface area contributed by atoms with Gasteiger partial charge in [0.05, 0.1) is 0 Å². The molecule has 1 rings (SSSR count). The van der Waals surface area contributed by atoms with Crippen molar-refractivity contribution in [2.24, 2.45) is 5.73 Å². The summed E-state index contributed by atoms with van der Waals surface area (Å²) < 4.78 is 0. The predicted octanol–water partition coefficient (Wildman–Crippen LogP) is 0.845. The SMILES string of the molecule is [CH]c1cccc(C(N)=O)c1. The zero-order chi connectivity index (χ0) is 7.56. The van der Waals surface area contributed by atoms with Crippen molar-refractivity contribution in [3.05, 3.63) is 42.3 Å². The lowest BCUT2D eigenvalue weighted by atomic mass is 10.1. The van der Waals surface area contributed by atoms with Gasteiger partial charge in [-0.2, -0.15) is 0 Å². The van der Waals surface area contributed by atoms with Crippen LogP contribution in [0.4, 0.5) is 0 Å². The molecule has 2 radical (unpaired) electrons. The first-order valence-electron chi connectivity index (χ1n) is 2.85. The largest absolute Gasteiger partial charge is 0.366 e. The van der Waals surface area contributed by atoms with Crippen molar-refractivity contribution < 1.29 is 4.79 Å². The van der Waals surface area contributed by atoms with Gasteiger partial charge in [0.1, 0.15) is 0 Å². The fourth-order valence-corrected chi connectivity index (χ4v) is 0.692. The van der Waals surface area contributed by atoms with E-state index < -0.39 is 5.91 Å². The molecule has 0 aliphatic heterocycles. The molecule has 2 N–H and O–H groups in total. The van der Waals surface area contributed by atoms with Gasteiger partial charge in [0.15, 0.2) is 0 Å². The third-order valence-electron chi connectivity index (χ3n) is 1.17. The molecule has 0 unspecified atom stereocenters. The highest BCUT2D eigenvalue weighted by atomic mass is 16.1. The number of benzene rings is 1. The highest BCUT2D eigenvalue weighted by Gasteiger charge is 1.96. The number of hydrogen-bond donors (Lipinski definition) is 1. The van der Waals surface area contributed by atoms with Crippen molar-refractivity contribution in [3.8, 4) is 0 Å². The molecule has 1 aromatic carbocycles. The van der Waals surface area contributed by atoms with Crippen LogP contribution in [0.2, 0.25) is 0 Å². The lowest BCUT2D eigenvalue weighted by Gasteiger charge is -1.94. The van der Waals surface area contributed by atoms with Gasteiger partial charge in [-0.3, -0.25) is 4.79 Å². The van der Waals surface area contributed by atoms with Crippen molar-refractivity contribution in [2.75, 3.05) is 0 Å². The molecule has 0 saturated heterocycles. The summed E-state index contributed by atoms with van der Waals surface area (Å²) in [5.41, 5.74) is 5.98. The zero-order valence-electron chi connectivity index (χ0n) is 5.37. The van der Waals surface area contributed by atoms with E-state index in [1.54, 1.807) is 24.3 Å². The molecule has 0 heterocycles. The second-order valence-electron chi connectivity index (χ2n) is 1.99. The van der Waals surface area contributed by atoms with E-state index in [-0.39, 0.29) is 0 Å². The van der Waals surface area contributed by atoms with Crippen LogP contribution in [0.1, 0.15) is 15.9 Å². The van der Waals surface area contributed by atoms with Gasteiger partial charge in [-0.15, -0.1) is 0 Å². The first-order chi connectivity index (χ1) is 4.70. The molecule has 0 spiro atoms. The molecule has 50 valence electrons. The molecule has 2 heteroatoms. The van der Waals surface area contributed by atoms with Gasteiger partial charge < -0.3 is 5.73 Å². The standard InChI is InChI=1S/C8H7NO/c1-6-3-2-4-7(5-6)8(9)10/h1-5H,(H2,9,10). The summed E-state index contributed by atoms with van der Waals surface area (Å²) in [5, 5.41) is 0. The fourth-order valence-electron chi connectivity index (χ4n) is 0.692. The summed E-state index contributed by atoms with van der Waals surface area (Å²) in [5.74, 6) is -0.452. The maximum atomic E-state index is 10.5. The Bertz CT molecular complexity index is 255. The number of amides is 1. The molecule has 0 aromatic heterocycles. The maximum absolute atomic E-state index is 10.5. The highest BCUT2D eigenvalue weighted by Crippen LogP contribution is 2.01. The number of hydrogen-bond acceptors (Lipinski definition) is 1. The van der Waals surface area contributed by atoms with E-state index in [1.807, 2.05) is 0 Å². The molecule has 1 aromatic rings. The Balaban J connectivity index is 3.07. The van der Waals surface area contributed by atoms with Crippen LogP contribution < -0.4 is 5.73 Å². The number of nitrogens with two attached hydrogens (primary N) is 1. The minimum atomic E-state index is -0.452. The Morgan fingerprint density at radius 1 is 1.50 bits per heavy atom. The summed E-state index contributed by atoms with van der Waals surface area (Å²) >= 11 is 0. The highest BCUT2D eigenvalue weighted by molar-refractivity contribution is 5.92. The van der Waals surface area contributed by atoms with Gasteiger partial charge in [0.2, 0.25) is 5.91 Å². The molecule has 0 aliphatic rings. The first-order valence-corrected chi connectivity index (χ1v) is 2.85. The van der Waals surface area contributed by atoms with Gasteiger partial charge >= 0.3 is 0 Å². The van der Waals surface area contributed by atoms with Crippen molar-refractivity contribution in [1.82, 2.24) is 0 Å². The normalized spacial score (nSPS) is 9.30. The summed E-state index contributed by atoms with van der Waals surface area (Å²) in [4.78, 5) is 10.5. The lowest BCUT2D eigenvalue weighted by Crippen LogP contribution is -2.10. The van der Waals surface area contributed by atoms with Crippen molar-refractivity contribution in [1.29, 1.82) is 0 Å². The molecule has 0 atom stereocenters. The maximum Gasteiger partial charge on any atom is 0.248 e. The van der Waals surface area contributed by atoms with Crippen LogP contribution in [0.5, 0.6) is 0 Å². The number of rotatable bonds is 1. The summed E-state index contributed by atoms with van der Waals surface area (Å²) in [6, 6.07) is 6.56. The van der Waals surface area contributed by atoms with Crippen LogP contribution in [0.25, 0.3) is 0 Å². The molecular weight excluding hydrogens is 126 g/mol. The smallest absolute Gasteiger partial charge is 0.248 e. The second kappa shape index (κ2) is 2.52. The minimum absolute atomic E-state index is 0.444. The molecule has 0 fully saturated rings. The number of carbonyl (C=O) groups is 1. The van der Waals surface area contributed by atoms with E-state index in [1.165, 1.54) is 0 Å². The van der Waals surface area contributed by atoms with E-state index in [9.17, 15) is 4.79 Å². The van der Waals surface area contributed by atoms with Crippen LogP contribution in [-0.2, 0) is 0 Å². The predicted molar refractivity (Wildman–Crippen MR) is 38.4 cm³/mol. The van der Waals surface area contributed by atoms with E-state index >= 15 is 0 Å². The average Bonchev–Trinajstić information content (AvgIpc) is 1.88. The average molecular weight is 133 g/mol. The third-order valence-corrected chi connectivity index (χ3v) is 1.17. The van der Waals surface area contributed by atoms with Crippen molar-refractivity contribution in [2.45, 2.75) is 0 Å². The summed E-state index contributed by atoms with van der Waals surface area (Å²) in [6.45, 7) is 5.39. The fraction of sp³-hybridized carbons (Fsp3) is 0. The molecule has 1 amide bonds. The van der Waals surface area contributed by atoms with E-state index in [0.717, 1.165) is 0 Å². The Hall–Kier alpha value is -1.31. The Kier molecular flexibility index (Phi) is 1.71. The Morgan fingerprint density at radius 2 is 2.20 bits per heavy atom. The third kappa shape index (κ3) is 1.35. The Labute approximate surface area is 59.7 Å². The molecular formula is C8H7NO. The van der Waals surface area contributed by atoms with Gasteiger partial charge in [0, 0.05) is 5.56 Å². The van der Waals surface area contributed by atoms with Crippen molar-refractivity contribution in [3.63, 3.8) is 0 Å². The minimum Gasteiger partial charge on any atom is -0.366 e. The van der Waals surface area contributed by atoms with Crippen LogP contribution in [-0.4, -0.2) is 5.91 Å². The van der Waals surface area contributed by atoms with E-state index in [0.29, 0.717) is 11.1 Å². The molecule has 2 nitrogen and oxygen atoms in total. The first kappa shape index (κ1) is 6.81. The second-order valence-corrected chi connectivity index (χ2v) is 1.99. The molecule has 0 aliphatic carbocycles. The topological polar surface area (TPSA) is 43.1 Å². The van der Waals surface area contributed by atoms with E-state index in [4.69, 9.17) is 12.7 Å². The van der Waals surface area contributed by atoms with Gasteiger partial charge in [0.25, 0.3) is 0 Å². The zero-order valence-corrected chi connectivity index (χ0v) is 5.37. The molecule has 10 heavy (non-hydrogen) atoms. The van der Waals surface area contributed by atoms with E-state index in [2.05, 4.69) is 0 Å². The van der Waals surface area contributed by atoms with Crippen LogP contribution >= 0.6 is 0 Å². The van der Waals surface area contributed by atoms with Crippen LogP contribution in [0.15, 0.2) is 24.3 Å². The molecule has 0 saturated carbocycles. The quantitative estimate of drug-likeness (QED) is 0.606. The van der Waals surface area contributed by atoms with Gasteiger partial charge in [-0.05, 0) is 24.6 Å². The number of carbonyl (C=O) groups excluding carboxylic acids is 1. The summed E-state index contributed by atoms with van der Waals surface area (Å²) in [7, 11) is 0. The van der Waals surface area contributed by atoms with Crippen LogP contribution in [0.3, 0.4) is 0 Å². The number of primary amides is 1. The van der Waals surface area contributed by atoms with Gasteiger partial charge in [-0.25, -0.2) is 0 Å². The van der Waals surface area contributed by atoms with Crippen molar-refractivity contribution >= 4 is 5.91 Å². The van der Waals surface area contributed by atoms with Gasteiger partial charge in [-0.1, -0.05) is 12.1 Å². The molecule has 0 bridgehead atoms. The Morgan fingerprint density at radius 3 is 2.60 bits per heavy atom. The van der Waals surface area contributed by atoms with Crippen LogP contribution in [0, 0.1) is 6.92 Å². The monoisotopic (exact) mass is 133 g/mol.